The molecule has 0 saturated carbocycles. The van der Waals surface area contributed by atoms with E-state index in [1.54, 1.807) is 18.3 Å². The van der Waals surface area contributed by atoms with Gasteiger partial charge < -0.3 is 9.47 Å². The number of ether oxygens (including phenoxy) is 2. The second-order valence-electron chi connectivity index (χ2n) is 7.22. The maximum Gasteiger partial charge on any atom is 0.188 e. The van der Waals surface area contributed by atoms with Crippen LogP contribution in [0, 0.1) is 13.8 Å². The highest BCUT2D eigenvalue weighted by atomic mass is 16.5. The number of Topliss-reactive ketones (excluding diaryl/α,β-unsaturated/α-hetero) is 2. The maximum atomic E-state index is 13.0. The van der Waals surface area contributed by atoms with Gasteiger partial charge in [-0.2, -0.15) is 0 Å². The third kappa shape index (κ3) is 4.74. The van der Waals surface area contributed by atoms with Gasteiger partial charge in [-0.05, 0) is 66.8 Å². The van der Waals surface area contributed by atoms with Crippen molar-refractivity contribution in [3.8, 4) is 11.5 Å². The SMILES string of the molecule is COc1cc(Cc2ccccc2C)cc(C(=O)CC(=O)c2cc(C)ccn2)c1OC. The number of hydrogen-bond acceptors (Lipinski definition) is 5. The Labute approximate surface area is 176 Å². The molecule has 3 aromatic rings. The number of carbonyl (C=O) groups excluding carboxylic acids is 2. The van der Waals surface area contributed by atoms with Gasteiger partial charge in [-0.15, -0.1) is 0 Å². The first kappa shape index (κ1) is 21.2. The zero-order valence-corrected chi connectivity index (χ0v) is 17.7. The van der Waals surface area contributed by atoms with E-state index in [0.29, 0.717) is 23.5 Å². The summed E-state index contributed by atoms with van der Waals surface area (Å²) in [5.41, 5.74) is 4.77. The van der Waals surface area contributed by atoms with E-state index < -0.39 is 0 Å². The molecule has 0 atom stereocenters. The fourth-order valence-corrected chi connectivity index (χ4v) is 3.38. The molecule has 3 rings (SSSR count). The van der Waals surface area contributed by atoms with Crippen molar-refractivity contribution in [1.29, 1.82) is 0 Å². The van der Waals surface area contributed by atoms with Crippen LogP contribution in [0.2, 0.25) is 0 Å². The molecule has 30 heavy (non-hydrogen) atoms. The van der Waals surface area contributed by atoms with Crippen LogP contribution in [-0.4, -0.2) is 30.8 Å². The first-order valence-electron chi connectivity index (χ1n) is 9.71. The number of aryl methyl sites for hydroxylation is 2. The van der Waals surface area contributed by atoms with Gasteiger partial charge >= 0.3 is 0 Å². The average Bonchev–Trinajstić information content (AvgIpc) is 2.74. The summed E-state index contributed by atoms with van der Waals surface area (Å²) in [5.74, 6) is 0.146. The number of carbonyl (C=O) groups is 2. The zero-order chi connectivity index (χ0) is 21.7. The molecule has 1 heterocycles. The Morgan fingerprint density at radius 1 is 0.933 bits per heavy atom. The van der Waals surface area contributed by atoms with Crippen molar-refractivity contribution in [2.45, 2.75) is 26.7 Å². The lowest BCUT2D eigenvalue weighted by atomic mass is 9.95. The molecular formula is C25H25NO4. The Morgan fingerprint density at radius 2 is 1.70 bits per heavy atom. The average molecular weight is 403 g/mol. The van der Waals surface area contributed by atoms with Gasteiger partial charge in [-0.25, -0.2) is 0 Å². The van der Waals surface area contributed by atoms with E-state index >= 15 is 0 Å². The molecule has 0 aliphatic rings. The molecule has 154 valence electrons. The Kier molecular flexibility index (Phi) is 6.62. The smallest absolute Gasteiger partial charge is 0.188 e. The predicted octanol–water partition coefficient (Wildman–Crippen LogP) is 4.76. The number of hydrogen-bond donors (Lipinski definition) is 0. The van der Waals surface area contributed by atoms with Crippen LogP contribution in [0.3, 0.4) is 0 Å². The van der Waals surface area contributed by atoms with Crippen molar-refractivity contribution in [3.05, 3.63) is 88.2 Å². The van der Waals surface area contributed by atoms with Crippen molar-refractivity contribution < 1.29 is 19.1 Å². The van der Waals surface area contributed by atoms with Crippen LogP contribution >= 0.6 is 0 Å². The van der Waals surface area contributed by atoms with Crippen LogP contribution in [0.5, 0.6) is 11.5 Å². The maximum absolute atomic E-state index is 13.0. The van der Waals surface area contributed by atoms with E-state index in [9.17, 15) is 9.59 Å². The number of aromatic nitrogens is 1. The second kappa shape index (κ2) is 9.35. The van der Waals surface area contributed by atoms with Gasteiger partial charge in [0.1, 0.15) is 5.69 Å². The molecular weight excluding hydrogens is 378 g/mol. The van der Waals surface area contributed by atoms with Gasteiger partial charge in [0.2, 0.25) is 0 Å². The molecule has 0 aliphatic carbocycles. The molecule has 0 amide bonds. The van der Waals surface area contributed by atoms with Gasteiger partial charge in [-0.3, -0.25) is 14.6 Å². The summed E-state index contributed by atoms with van der Waals surface area (Å²) in [6, 6.07) is 15.2. The number of pyridine rings is 1. The minimum absolute atomic E-state index is 0.283. The summed E-state index contributed by atoms with van der Waals surface area (Å²) in [6.45, 7) is 3.93. The second-order valence-corrected chi connectivity index (χ2v) is 7.22. The third-order valence-electron chi connectivity index (χ3n) is 5.02. The summed E-state index contributed by atoms with van der Waals surface area (Å²) in [7, 11) is 3.02. The van der Waals surface area contributed by atoms with E-state index in [1.165, 1.54) is 19.8 Å². The summed E-state index contributed by atoms with van der Waals surface area (Å²) in [4.78, 5) is 29.7. The first-order valence-corrected chi connectivity index (χ1v) is 9.71. The molecule has 5 nitrogen and oxygen atoms in total. The molecule has 0 radical (unpaired) electrons. The Balaban J connectivity index is 1.94. The topological polar surface area (TPSA) is 65.5 Å². The van der Waals surface area contributed by atoms with E-state index in [4.69, 9.17) is 9.47 Å². The van der Waals surface area contributed by atoms with Crippen molar-refractivity contribution in [3.63, 3.8) is 0 Å². The number of rotatable bonds is 8. The van der Waals surface area contributed by atoms with Crippen LogP contribution in [0.4, 0.5) is 0 Å². The molecule has 0 bridgehead atoms. The third-order valence-corrected chi connectivity index (χ3v) is 5.02. The number of ketones is 2. The minimum atomic E-state index is -0.329. The molecule has 0 aliphatic heterocycles. The van der Waals surface area contributed by atoms with E-state index in [-0.39, 0.29) is 23.7 Å². The number of methoxy groups -OCH3 is 2. The zero-order valence-electron chi connectivity index (χ0n) is 17.7. The largest absolute Gasteiger partial charge is 0.493 e. The van der Waals surface area contributed by atoms with E-state index in [0.717, 1.165) is 16.7 Å². The van der Waals surface area contributed by atoms with Gasteiger partial charge in [0.25, 0.3) is 0 Å². The molecule has 0 fully saturated rings. The van der Waals surface area contributed by atoms with Crippen LogP contribution in [0.1, 0.15) is 49.5 Å². The molecule has 2 aromatic carbocycles. The number of benzene rings is 2. The monoisotopic (exact) mass is 403 g/mol. The first-order chi connectivity index (χ1) is 14.4. The molecule has 1 aromatic heterocycles. The quantitative estimate of drug-likeness (QED) is 0.401. The van der Waals surface area contributed by atoms with Gasteiger partial charge in [0.15, 0.2) is 23.1 Å². The van der Waals surface area contributed by atoms with Gasteiger partial charge in [-0.1, -0.05) is 24.3 Å². The fourth-order valence-electron chi connectivity index (χ4n) is 3.38. The van der Waals surface area contributed by atoms with Crippen LogP contribution < -0.4 is 9.47 Å². The van der Waals surface area contributed by atoms with Crippen molar-refractivity contribution in [2.75, 3.05) is 14.2 Å². The Morgan fingerprint density at radius 3 is 2.37 bits per heavy atom. The molecule has 0 N–H and O–H groups in total. The lowest BCUT2D eigenvalue weighted by molar-refractivity contribution is 0.0889. The van der Waals surface area contributed by atoms with Crippen molar-refractivity contribution >= 4 is 11.6 Å². The van der Waals surface area contributed by atoms with Crippen LogP contribution in [0.25, 0.3) is 0 Å². The summed E-state index contributed by atoms with van der Waals surface area (Å²) < 4.78 is 10.9. The lowest BCUT2D eigenvalue weighted by Crippen LogP contribution is -2.12. The highest BCUT2D eigenvalue weighted by Gasteiger charge is 2.22. The Hall–Kier alpha value is -3.47. The van der Waals surface area contributed by atoms with Crippen molar-refractivity contribution in [1.82, 2.24) is 4.98 Å². The van der Waals surface area contributed by atoms with Crippen LogP contribution in [-0.2, 0) is 6.42 Å². The summed E-state index contributed by atoms with van der Waals surface area (Å²) in [5, 5.41) is 0. The highest BCUT2D eigenvalue weighted by molar-refractivity contribution is 6.14. The molecule has 0 unspecified atom stereocenters. The van der Waals surface area contributed by atoms with Crippen LogP contribution in [0.15, 0.2) is 54.7 Å². The highest BCUT2D eigenvalue weighted by Crippen LogP contribution is 2.34. The standard InChI is InChI=1S/C25H25NO4/c1-16-9-10-26-21(11-16)23(28)15-22(27)20-13-18(14-24(29-3)25(20)30-4)12-19-8-6-5-7-17(19)2/h5-11,13-14H,12,15H2,1-4H3. The number of nitrogens with zero attached hydrogens (tertiary/aromatic N) is 1. The lowest BCUT2D eigenvalue weighted by Gasteiger charge is -2.15. The minimum Gasteiger partial charge on any atom is -0.493 e. The summed E-state index contributed by atoms with van der Waals surface area (Å²) >= 11 is 0. The Bertz CT molecular complexity index is 1090. The fraction of sp³-hybridized carbons (Fsp3) is 0.240. The van der Waals surface area contributed by atoms with Gasteiger partial charge in [0, 0.05) is 6.20 Å². The van der Waals surface area contributed by atoms with Gasteiger partial charge in [0.05, 0.1) is 26.2 Å². The van der Waals surface area contributed by atoms with E-state index in [1.807, 2.05) is 31.2 Å². The molecule has 0 spiro atoms. The molecule has 5 heteroatoms. The normalized spacial score (nSPS) is 10.5. The van der Waals surface area contributed by atoms with Crippen molar-refractivity contribution in [2.24, 2.45) is 0 Å². The molecule has 0 saturated heterocycles. The van der Waals surface area contributed by atoms with E-state index in [2.05, 4.69) is 24.0 Å². The summed E-state index contributed by atoms with van der Waals surface area (Å²) in [6.07, 6.45) is 1.92. The predicted molar refractivity (Wildman–Crippen MR) is 116 cm³/mol.